The van der Waals surface area contributed by atoms with E-state index in [0.717, 1.165) is 95.8 Å². The van der Waals surface area contributed by atoms with Crippen LogP contribution in [0, 0.1) is 11.8 Å². The van der Waals surface area contributed by atoms with E-state index in [-0.39, 0.29) is 25.7 Å². The SMILES string of the molecule is CCCCCCCCCCCCCCCCCCCCCC(=O)OC[C@H](COP(=O)(O)OC[C@@H](O)COP(=O)(O)OC[C@@H](COC(=O)CCCCCCCCCCCC)OC(=O)CCCCCCCCCC(C)C)OC(=O)CCCCCCCCCCCCCCCCCCCCC(C)CC. The molecule has 0 aromatic heterocycles. The largest absolute Gasteiger partial charge is 0.472 e. The van der Waals surface area contributed by atoms with E-state index in [0.29, 0.717) is 31.6 Å². The third-order valence-electron chi connectivity index (χ3n) is 19.6. The maximum absolute atomic E-state index is 13.1. The minimum absolute atomic E-state index is 0.104. The first-order valence-corrected chi connectivity index (χ1v) is 45.5. The van der Waals surface area contributed by atoms with E-state index in [9.17, 15) is 43.2 Å². The number of aliphatic hydroxyl groups is 1. The van der Waals surface area contributed by atoms with Crippen LogP contribution in [-0.4, -0.2) is 96.7 Å². The molecule has 0 saturated carbocycles. The highest BCUT2D eigenvalue weighted by molar-refractivity contribution is 7.47. The zero-order chi connectivity index (χ0) is 74.2. The standard InChI is InChI=1S/C82H160O17P2/c1-7-10-12-14-16-18-20-21-22-23-24-28-31-34-37-41-47-53-59-65-80(85)93-70-77(98-81(86)66-60-54-48-42-38-35-32-29-26-25-27-30-33-36-39-45-51-57-63-75(6)9-3)72-96-100(88,89)94-68-76(83)69-95-101(90,91)97-73-78(99-82(87)67-61-55-49-43-44-50-56-62-74(4)5)71-92-79(84)64-58-52-46-40-19-17-15-13-11-8-2/h74-78,83H,7-73H2,1-6H3,(H,88,89)(H,90,91)/t75?,76-,77-,78-/m1/s1. The molecule has 0 aliphatic heterocycles. The molecule has 0 rings (SSSR count). The van der Waals surface area contributed by atoms with E-state index < -0.39 is 97.5 Å². The first kappa shape index (κ1) is 99.1. The third-order valence-corrected chi connectivity index (χ3v) is 21.5. The predicted molar refractivity (Wildman–Crippen MR) is 414 cm³/mol. The smallest absolute Gasteiger partial charge is 0.462 e. The van der Waals surface area contributed by atoms with Crippen molar-refractivity contribution in [2.24, 2.45) is 11.8 Å². The van der Waals surface area contributed by atoms with Crippen LogP contribution < -0.4 is 0 Å². The summed E-state index contributed by atoms with van der Waals surface area (Å²) in [5.41, 5.74) is 0. The molecule has 0 radical (unpaired) electrons. The molecule has 6 atom stereocenters. The Morgan fingerprint density at radius 2 is 0.505 bits per heavy atom. The van der Waals surface area contributed by atoms with Gasteiger partial charge in [0.2, 0.25) is 0 Å². The van der Waals surface area contributed by atoms with Crippen LogP contribution in [0.15, 0.2) is 0 Å². The van der Waals surface area contributed by atoms with E-state index >= 15 is 0 Å². The summed E-state index contributed by atoms with van der Waals surface area (Å²) in [6.45, 7) is 9.63. The molecule has 17 nitrogen and oxygen atoms in total. The fourth-order valence-corrected chi connectivity index (χ4v) is 14.3. The summed E-state index contributed by atoms with van der Waals surface area (Å²) in [5.74, 6) is -0.545. The molecule has 0 aromatic rings. The number of phosphoric acid groups is 2. The van der Waals surface area contributed by atoms with E-state index in [1.54, 1.807) is 0 Å². The van der Waals surface area contributed by atoms with Crippen LogP contribution >= 0.6 is 15.6 Å². The number of carbonyl (C=O) groups excluding carboxylic acids is 4. The van der Waals surface area contributed by atoms with Crippen molar-refractivity contribution in [2.75, 3.05) is 39.6 Å². The number of unbranched alkanes of at least 4 members (excludes halogenated alkanes) is 50. The van der Waals surface area contributed by atoms with Crippen LogP contribution in [0.25, 0.3) is 0 Å². The summed E-state index contributed by atoms with van der Waals surface area (Å²) >= 11 is 0. The Morgan fingerprint density at radius 3 is 0.752 bits per heavy atom. The third kappa shape index (κ3) is 74.7. The zero-order valence-corrected chi connectivity index (χ0v) is 68.0. The normalized spacial score (nSPS) is 14.2. The summed E-state index contributed by atoms with van der Waals surface area (Å²) in [7, 11) is -9.92. The lowest BCUT2D eigenvalue weighted by atomic mass is 9.99. The second kappa shape index (κ2) is 73.6. The molecular weight excluding hydrogens is 1320 g/mol. The van der Waals surface area contributed by atoms with Crippen molar-refractivity contribution in [2.45, 2.75) is 452 Å². The van der Waals surface area contributed by atoms with E-state index in [4.69, 9.17) is 37.0 Å². The molecule has 0 amide bonds. The van der Waals surface area contributed by atoms with Crippen molar-refractivity contribution in [1.29, 1.82) is 0 Å². The predicted octanol–water partition coefficient (Wildman–Crippen LogP) is 24.7. The summed E-state index contributed by atoms with van der Waals surface area (Å²) in [6.07, 6.45) is 64.1. The number of aliphatic hydroxyl groups excluding tert-OH is 1. The van der Waals surface area contributed by atoms with E-state index in [1.807, 2.05) is 0 Å². The van der Waals surface area contributed by atoms with Crippen molar-refractivity contribution < 1.29 is 80.2 Å². The highest BCUT2D eigenvalue weighted by Gasteiger charge is 2.30. The molecule has 0 saturated heterocycles. The maximum Gasteiger partial charge on any atom is 0.472 e. The molecule has 0 aliphatic carbocycles. The molecular formula is C82H160O17P2. The van der Waals surface area contributed by atoms with Gasteiger partial charge in [-0.05, 0) is 37.5 Å². The van der Waals surface area contributed by atoms with Crippen LogP contribution in [0.4, 0.5) is 0 Å². The molecule has 19 heteroatoms. The number of phosphoric ester groups is 2. The highest BCUT2D eigenvalue weighted by atomic mass is 31.2. The lowest BCUT2D eigenvalue weighted by molar-refractivity contribution is -0.161. The lowest BCUT2D eigenvalue weighted by Gasteiger charge is -2.21. The van der Waals surface area contributed by atoms with Crippen LogP contribution in [0.3, 0.4) is 0 Å². The van der Waals surface area contributed by atoms with Crippen molar-refractivity contribution in [3.8, 4) is 0 Å². The molecule has 0 spiro atoms. The van der Waals surface area contributed by atoms with Crippen LogP contribution in [0.1, 0.15) is 433 Å². The van der Waals surface area contributed by atoms with Gasteiger partial charge in [0, 0.05) is 25.7 Å². The van der Waals surface area contributed by atoms with Crippen molar-refractivity contribution in [1.82, 2.24) is 0 Å². The topological polar surface area (TPSA) is 237 Å². The minimum atomic E-state index is -4.96. The average Bonchev–Trinajstić information content (AvgIpc) is 0.944. The fraction of sp³-hybridized carbons (Fsp3) is 0.951. The fourth-order valence-electron chi connectivity index (χ4n) is 12.7. The number of esters is 4. The van der Waals surface area contributed by atoms with Gasteiger partial charge in [0.1, 0.15) is 19.3 Å². The number of hydrogen-bond donors (Lipinski definition) is 3. The number of ether oxygens (including phenoxy) is 4. The van der Waals surface area contributed by atoms with Gasteiger partial charge in [-0.1, -0.05) is 382 Å². The van der Waals surface area contributed by atoms with Gasteiger partial charge in [-0.2, -0.15) is 0 Å². The molecule has 3 unspecified atom stereocenters. The molecule has 600 valence electrons. The monoisotopic (exact) mass is 1480 g/mol. The lowest BCUT2D eigenvalue weighted by Crippen LogP contribution is -2.30. The molecule has 0 fully saturated rings. The van der Waals surface area contributed by atoms with Gasteiger partial charge in [0.15, 0.2) is 12.2 Å². The van der Waals surface area contributed by atoms with Crippen LogP contribution in [-0.2, 0) is 65.4 Å². The van der Waals surface area contributed by atoms with E-state index in [1.165, 1.54) is 250 Å². The zero-order valence-electron chi connectivity index (χ0n) is 66.2. The van der Waals surface area contributed by atoms with Gasteiger partial charge in [-0.3, -0.25) is 37.3 Å². The Bertz CT molecular complexity index is 1940. The van der Waals surface area contributed by atoms with Gasteiger partial charge < -0.3 is 33.8 Å². The van der Waals surface area contributed by atoms with E-state index in [2.05, 4.69) is 41.5 Å². The highest BCUT2D eigenvalue weighted by Crippen LogP contribution is 2.45. The summed E-state index contributed by atoms with van der Waals surface area (Å²) in [5, 5.41) is 10.6. The van der Waals surface area contributed by atoms with Gasteiger partial charge in [-0.25, -0.2) is 9.13 Å². The average molecular weight is 1480 g/mol. The van der Waals surface area contributed by atoms with Gasteiger partial charge in [-0.15, -0.1) is 0 Å². The summed E-state index contributed by atoms with van der Waals surface area (Å²) in [6, 6.07) is 0. The second-order valence-corrected chi connectivity index (χ2v) is 33.1. The number of hydrogen-bond acceptors (Lipinski definition) is 15. The molecule has 0 aromatic carbocycles. The maximum atomic E-state index is 13.1. The first-order chi connectivity index (χ1) is 48.9. The van der Waals surface area contributed by atoms with Gasteiger partial charge in [0.05, 0.1) is 26.4 Å². The Labute approximate surface area is 619 Å². The van der Waals surface area contributed by atoms with Crippen molar-refractivity contribution in [3.05, 3.63) is 0 Å². The molecule has 0 heterocycles. The molecule has 101 heavy (non-hydrogen) atoms. The Balaban J connectivity index is 5.18. The quantitative estimate of drug-likeness (QED) is 0.0222. The van der Waals surface area contributed by atoms with Crippen molar-refractivity contribution >= 4 is 39.5 Å². The Hall–Kier alpha value is -1.94. The first-order valence-electron chi connectivity index (χ1n) is 42.5. The molecule has 3 N–H and O–H groups in total. The Morgan fingerprint density at radius 1 is 0.287 bits per heavy atom. The number of carbonyl (C=O) groups is 4. The second-order valence-electron chi connectivity index (χ2n) is 30.2. The van der Waals surface area contributed by atoms with Gasteiger partial charge in [0.25, 0.3) is 0 Å². The van der Waals surface area contributed by atoms with Gasteiger partial charge >= 0.3 is 39.5 Å². The van der Waals surface area contributed by atoms with Crippen LogP contribution in [0.2, 0.25) is 0 Å². The molecule has 0 bridgehead atoms. The summed E-state index contributed by atoms with van der Waals surface area (Å²) < 4.78 is 68.6. The molecule has 0 aliphatic rings. The summed E-state index contributed by atoms with van der Waals surface area (Å²) in [4.78, 5) is 72.9. The van der Waals surface area contributed by atoms with Crippen LogP contribution in [0.5, 0.6) is 0 Å². The number of rotatable bonds is 81. The van der Waals surface area contributed by atoms with Crippen molar-refractivity contribution in [3.63, 3.8) is 0 Å². The Kier molecular flexibility index (Phi) is 72.2. The minimum Gasteiger partial charge on any atom is -0.462 e.